The van der Waals surface area contributed by atoms with Crippen LogP contribution in [-0.4, -0.2) is 22.2 Å². The van der Waals surface area contributed by atoms with Gasteiger partial charge in [0.05, 0.1) is 23.1 Å². The zero-order chi connectivity index (χ0) is 13.1. The van der Waals surface area contributed by atoms with Crippen molar-refractivity contribution in [3.63, 3.8) is 0 Å². The first kappa shape index (κ1) is 11.7. The standard InChI is InChI=1S/C16H15N3/c1-2-18-16(12-6-4-3-5-7-12)14-10-13-8-9-17-11-15(13)19-14/h3-11,19H,2H2,1H3. The van der Waals surface area contributed by atoms with Gasteiger partial charge in [-0.2, -0.15) is 0 Å². The van der Waals surface area contributed by atoms with Crippen LogP contribution in [0, 0.1) is 0 Å². The lowest BCUT2D eigenvalue weighted by atomic mass is 10.1. The Morgan fingerprint density at radius 1 is 1.21 bits per heavy atom. The molecule has 0 unspecified atom stereocenters. The Kier molecular flexibility index (Phi) is 3.11. The first-order valence-corrected chi connectivity index (χ1v) is 6.41. The predicted molar refractivity (Wildman–Crippen MR) is 78.7 cm³/mol. The zero-order valence-corrected chi connectivity index (χ0v) is 10.8. The van der Waals surface area contributed by atoms with Crippen molar-refractivity contribution < 1.29 is 0 Å². The molecule has 0 aliphatic carbocycles. The summed E-state index contributed by atoms with van der Waals surface area (Å²) in [5.41, 5.74) is 4.21. The molecule has 19 heavy (non-hydrogen) atoms. The van der Waals surface area contributed by atoms with Gasteiger partial charge in [0.2, 0.25) is 0 Å². The van der Waals surface area contributed by atoms with E-state index in [1.165, 1.54) is 0 Å². The summed E-state index contributed by atoms with van der Waals surface area (Å²) < 4.78 is 0. The number of rotatable bonds is 3. The molecule has 3 nitrogen and oxygen atoms in total. The number of nitrogens with one attached hydrogen (secondary N) is 1. The van der Waals surface area contributed by atoms with Crippen LogP contribution in [0.15, 0.2) is 59.9 Å². The topological polar surface area (TPSA) is 41.0 Å². The third-order valence-corrected chi connectivity index (χ3v) is 3.04. The molecule has 3 aromatic rings. The SMILES string of the molecule is CCN=C(c1ccccc1)c1cc2ccncc2[nH]1. The summed E-state index contributed by atoms with van der Waals surface area (Å²) in [6.45, 7) is 2.81. The van der Waals surface area contributed by atoms with Gasteiger partial charge in [0.1, 0.15) is 0 Å². The van der Waals surface area contributed by atoms with Crippen molar-refractivity contribution in [2.24, 2.45) is 4.99 Å². The number of hydrogen-bond acceptors (Lipinski definition) is 2. The van der Waals surface area contributed by atoms with E-state index in [4.69, 9.17) is 0 Å². The molecule has 0 radical (unpaired) electrons. The minimum atomic E-state index is 0.762. The Morgan fingerprint density at radius 3 is 2.79 bits per heavy atom. The lowest BCUT2D eigenvalue weighted by Crippen LogP contribution is -2.04. The molecule has 3 heteroatoms. The molecule has 0 saturated heterocycles. The normalized spacial score (nSPS) is 11.9. The fraction of sp³-hybridized carbons (Fsp3) is 0.125. The Hall–Kier alpha value is -2.42. The summed E-state index contributed by atoms with van der Waals surface area (Å²) in [4.78, 5) is 12.1. The third-order valence-electron chi connectivity index (χ3n) is 3.04. The number of nitrogens with zero attached hydrogens (tertiary/aromatic N) is 2. The lowest BCUT2D eigenvalue weighted by molar-refractivity contribution is 1.12. The third kappa shape index (κ3) is 2.27. The minimum absolute atomic E-state index is 0.762. The average molecular weight is 249 g/mol. The number of pyridine rings is 1. The van der Waals surface area contributed by atoms with Crippen molar-refractivity contribution in [1.82, 2.24) is 9.97 Å². The Labute approximate surface area is 112 Å². The van der Waals surface area contributed by atoms with E-state index in [2.05, 4.69) is 33.2 Å². The van der Waals surface area contributed by atoms with Gasteiger partial charge in [0.25, 0.3) is 0 Å². The molecule has 0 aliphatic rings. The molecule has 0 atom stereocenters. The van der Waals surface area contributed by atoms with Crippen LogP contribution in [0.3, 0.4) is 0 Å². The maximum Gasteiger partial charge on any atom is 0.0881 e. The second kappa shape index (κ2) is 5.06. The molecule has 0 amide bonds. The van der Waals surface area contributed by atoms with Crippen LogP contribution in [0.25, 0.3) is 10.9 Å². The van der Waals surface area contributed by atoms with Crippen molar-refractivity contribution in [2.45, 2.75) is 6.92 Å². The monoisotopic (exact) mass is 249 g/mol. The number of aromatic amines is 1. The van der Waals surface area contributed by atoms with E-state index in [-0.39, 0.29) is 0 Å². The number of H-pyrrole nitrogens is 1. The molecule has 94 valence electrons. The Balaban J connectivity index is 2.13. The molecule has 0 spiro atoms. The van der Waals surface area contributed by atoms with Crippen LogP contribution >= 0.6 is 0 Å². The van der Waals surface area contributed by atoms with Gasteiger partial charge in [-0.25, -0.2) is 0 Å². The Morgan fingerprint density at radius 2 is 2.05 bits per heavy atom. The van der Waals surface area contributed by atoms with Crippen LogP contribution in [0.1, 0.15) is 18.2 Å². The summed E-state index contributed by atoms with van der Waals surface area (Å²) in [7, 11) is 0. The lowest BCUT2D eigenvalue weighted by Gasteiger charge is -2.04. The van der Waals surface area contributed by atoms with Gasteiger partial charge in [-0.05, 0) is 19.1 Å². The van der Waals surface area contributed by atoms with Gasteiger partial charge < -0.3 is 4.98 Å². The van der Waals surface area contributed by atoms with Crippen LogP contribution in [0.5, 0.6) is 0 Å². The molecule has 0 fully saturated rings. The summed E-state index contributed by atoms with van der Waals surface area (Å²) in [5, 5.41) is 1.16. The molecule has 2 aromatic heterocycles. The van der Waals surface area contributed by atoms with E-state index in [0.717, 1.165) is 34.4 Å². The quantitative estimate of drug-likeness (QED) is 0.710. The minimum Gasteiger partial charge on any atom is -0.352 e. The molecule has 0 aliphatic heterocycles. The Bertz CT molecular complexity index is 678. The van der Waals surface area contributed by atoms with Crippen molar-refractivity contribution in [2.75, 3.05) is 6.54 Å². The van der Waals surface area contributed by atoms with Gasteiger partial charge in [0.15, 0.2) is 0 Å². The van der Waals surface area contributed by atoms with Crippen LogP contribution in [0.2, 0.25) is 0 Å². The van der Waals surface area contributed by atoms with Gasteiger partial charge in [-0.1, -0.05) is 30.3 Å². The van der Waals surface area contributed by atoms with Gasteiger partial charge in [-0.3, -0.25) is 9.98 Å². The molecule has 0 saturated carbocycles. The highest BCUT2D eigenvalue weighted by Crippen LogP contribution is 2.17. The fourth-order valence-electron chi connectivity index (χ4n) is 2.19. The highest BCUT2D eigenvalue weighted by atomic mass is 14.8. The number of aromatic nitrogens is 2. The van der Waals surface area contributed by atoms with Gasteiger partial charge >= 0.3 is 0 Å². The van der Waals surface area contributed by atoms with E-state index >= 15 is 0 Å². The highest BCUT2D eigenvalue weighted by Gasteiger charge is 2.09. The second-order valence-corrected chi connectivity index (χ2v) is 4.33. The number of aliphatic imine (C=N–C) groups is 1. The number of fused-ring (bicyclic) bond motifs is 1. The number of benzene rings is 1. The van der Waals surface area contributed by atoms with Crippen molar-refractivity contribution in [3.05, 3.63) is 66.1 Å². The first-order chi connectivity index (χ1) is 9.38. The maximum absolute atomic E-state index is 4.62. The van der Waals surface area contributed by atoms with E-state index in [0.29, 0.717) is 0 Å². The molecular formula is C16H15N3. The summed E-state index contributed by atoms with van der Waals surface area (Å²) in [6.07, 6.45) is 3.65. The summed E-state index contributed by atoms with van der Waals surface area (Å²) in [5.74, 6) is 0. The van der Waals surface area contributed by atoms with Crippen LogP contribution < -0.4 is 0 Å². The summed E-state index contributed by atoms with van der Waals surface area (Å²) in [6, 6.07) is 14.4. The zero-order valence-electron chi connectivity index (χ0n) is 10.8. The maximum atomic E-state index is 4.62. The molecule has 3 rings (SSSR count). The molecule has 1 N–H and O–H groups in total. The largest absolute Gasteiger partial charge is 0.352 e. The van der Waals surface area contributed by atoms with E-state index < -0.39 is 0 Å². The van der Waals surface area contributed by atoms with Gasteiger partial charge in [-0.15, -0.1) is 0 Å². The second-order valence-electron chi connectivity index (χ2n) is 4.33. The summed E-state index contributed by atoms with van der Waals surface area (Å²) >= 11 is 0. The molecule has 0 bridgehead atoms. The van der Waals surface area contributed by atoms with Crippen molar-refractivity contribution >= 4 is 16.6 Å². The van der Waals surface area contributed by atoms with E-state index in [1.807, 2.05) is 37.4 Å². The first-order valence-electron chi connectivity index (χ1n) is 6.41. The van der Waals surface area contributed by atoms with Crippen LogP contribution in [0.4, 0.5) is 0 Å². The van der Waals surface area contributed by atoms with Crippen molar-refractivity contribution in [3.8, 4) is 0 Å². The molecular weight excluding hydrogens is 234 g/mol. The molecule has 2 heterocycles. The van der Waals surface area contributed by atoms with Crippen LogP contribution in [-0.2, 0) is 0 Å². The van der Waals surface area contributed by atoms with Gasteiger partial charge in [0, 0.05) is 23.7 Å². The predicted octanol–water partition coefficient (Wildman–Crippen LogP) is 3.42. The van der Waals surface area contributed by atoms with E-state index in [9.17, 15) is 0 Å². The molecule has 1 aromatic carbocycles. The highest BCUT2D eigenvalue weighted by molar-refractivity contribution is 6.13. The smallest absolute Gasteiger partial charge is 0.0881 e. The van der Waals surface area contributed by atoms with E-state index in [1.54, 1.807) is 6.20 Å². The van der Waals surface area contributed by atoms with Crippen molar-refractivity contribution in [1.29, 1.82) is 0 Å². The number of hydrogen-bond donors (Lipinski definition) is 1. The average Bonchev–Trinajstić information content (AvgIpc) is 2.89. The fourth-order valence-corrected chi connectivity index (χ4v) is 2.19.